The molecular weight excluding hydrogens is 312 g/mol. The van der Waals surface area contributed by atoms with Crippen molar-refractivity contribution in [2.45, 2.75) is 40.2 Å². The molecule has 0 saturated heterocycles. The molecule has 3 rings (SSSR count). The molecule has 0 spiro atoms. The molecule has 0 saturated carbocycles. The smallest absolute Gasteiger partial charge is 0.251 e. The summed E-state index contributed by atoms with van der Waals surface area (Å²) in [6.45, 7) is 8.84. The number of amides is 1. The van der Waals surface area contributed by atoms with E-state index in [1.807, 2.05) is 44.2 Å². The number of hydrogen-bond donors (Lipinski definition) is 1. The molecule has 0 aliphatic carbocycles. The van der Waals surface area contributed by atoms with E-state index < -0.39 is 0 Å². The first-order valence-corrected chi connectivity index (χ1v) is 8.64. The standard InChI is InChI=1S/C20H24N4O/c1-13(2)24-18(23-17-6-5-10-21-19(17)24)9-11-22-20(25)16-8-7-14(3)15(4)12-16/h5-8,10,12-13H,9,11H2,1-4H3,(H,22,25). The number of nitrogens with zero attached hydrogens (tertiary/aromatic N) is 3. The van der Waals surface area contributed by atoms with E-state index >= 15 is 0 Å². The first-order valence-electron chi connectivity index (χ1n) is 8.64. The van der Waals surface area contributed by atoms with Crippen molar-refractivity contribution in [1.82, 2.24) is 19.9 Å². The van der Waals surface area contributed by atoms with Gasteiger partial charge in [-0.25, -0.2) is 9.97 Å². The number of hydrogen-bond acceptors (Lipinski definition) is 3. The van der Waals surface area contributed by atoms with E-state index in [4.69, 9.17) is 0 Å². The van der Waals surface area contributed by atoms with Gasteiger partial charge in [-0.15, -0.1) is 0 Å². The molecule has 5 nitrogen and oxygen atoms in total. The Morgan fingerprint density at radius 3 is 2.72 bits per heavy atom. The van der Waals surface area contributed by atoms with Crippen LogP contribution in [-0.4, -0.2) is 27.0 Å². The highest BCUT2D eigenvalue weighted by Gasteiger charge is 2.14. The van der Waals surface area contributed by atoms with Crippen molar-refractivity contribution in [3.8, 4) is 0 Å². The summed E-state index contributed by atoms with van der Waals surface area (Å²) in [4.78, 5) is 21.5. The maximum Gasteiger partial charge on any atom is 0.251 e. The quantitative estimate of drug-likeness (QED) is 0.774. The van der Waals surface area contributed by atoms with Crippen LogP contribution in [0.2, 0.25) is 0 Å². The summed E-state index contributed by atoms with van der Waals surface area (Å²) >= 11 is 0. The SMILES string of the molecule is Cc1ccc(C(=O)NCCc2nc3cccnc3n2C(C)C)cc1C. The fourth-order valence-electron chi connectivity index (χ4n) is 2.97. The van der Waals surface area contributed by atoms with E-state index in [0.29, 0.717) is 18.5 Å². The molecular formula is C20H24N4O. The molecule has 0 aliphatic heterocycles. The van der Waals surface area contributed by atoms with Crippen molar-refractivity contribution in [1.29, 1.82) is 0 Å². The summed E-state index contributed by atoms with van der Waals surface area (Å²) in [5.41, 5.74) is 4.80. The molecule has 0 atom stereocenters. The van der Waals surface area contributed by atoms with E-state index in [0.717, 1.165) is 22.6 Å². The molecule has 0 radical (unpaired) electrons. The van der Waals surface area contributed by atoms with Gasteiger partial charge in [0.25, 0.3) is 5.91 Å². The minimum Gasteiger partial charge on any atom is -0.352 e. The summed E-state index contributed by atoms with van der Waals surface area (Å²) in [6.07, 6.45) is 2.46. The van der Waals surface area contributed by atoms with Crippen LogP contribution < -0.4 is 5.32 Å². The summed E-state index contributed by atoms with van der Waals surface area (Å²) < 4.78 is 2.14. The third-order valence-electron chi connectivity index (χ3n) is 4.44. The highest BCUT2D eigenvalue weighted by Crippen LogP contribution is 2.19. The first-order chi connectivity index (χ1) is 12.0. The second-order valence-corrected chi connectivity index (χ2v) is 6.64. The lowest BCUT2D eigenvalue weighted by molar-refractivity contribution is 0.0954. The summed E-state index contributed by atoms with van der Waals surface area (Å²) in [6, 6.07) is 9.91. The zero-order valence-corrected chi connectivity index (χ0v) is 15.2. The molecule has 130 valence electrons. The molecule has 2 heterocycles. The largest absolute Gasteiger partial charge is 0.352 e. The zero-order valence-electron chi connectivity index (χ0n) is 15.2. The number of aryl methyl sites for hydroxylation is 2. The molecule has 0 bridgehead atoms. The maximum atomic E-state index is 12.3. The third-order valence-corrected chi connectivity index (χ3v) is 4.44. The van der Waals surface area contributed by atoms with Gasteiger partial charge in [0.2, 0.25) is 0 Å². The van der Waals surface area contributed by atoms with Crippen LogP contribution in [0.25, 0.3) is 11.2 Å². The van der Waals surface area contributed by atoms with Crippen LogP contribution >= 0.6 is 0 Å². The van der Waals surface area contributed by atoms with Crippen molar-refractivity contribution in [2.75, 3.05) is 6.54 Å². The maximum absolute atomic E-state index is 12.3. The van der Waals surface area contributed by atoms with Crippen LogP contribution in [0.15, 0.2) is 36.5 Å². The second-order valence-electron chi connectivity index (χ2n) is 6.64. The van der Waals surface area contributed by atoms with Crippen LogP contribution in [0.3, 0.4) is 0 Å². The van der Waals surface area contributed by atoms with Crippen molar-refractivity contribution in [3.05, 3.63) is 59.0 Å². The Kier molecular flexibility index (Phi) is 4.83. The van der Waals surface area contributed by atoms with Gasteiger partial charge in [-0.05, 0) is 63.1 Å². The Bertz CT molecular complexity index is 911. The minimum atomic E-state index is -0.0477. The molecule has 0 aliphatic rings. The lowest BCUT2D eigenvalue weighted by Crippen LogP contribution is -2.26. The molecule has 3 aromatic rings. The second kappa shape index (κ2) is 7.05. The Morgan fingerprint density at radius 1 is 1.20 bits per heavy atom. The number of carbonyl (C=O) groups is 1. The molecule has 1 amide bonds. The van der Waals surface area contributed by atoms with Crippen LogP contribution in [0.1, 0.15) is 47.2 Å². The fraction of sp³-hybridized carbons (Fsp3) is 0.350. The van der Waals surface area contributed by atoms with E-state index in [1.54, 1.807) is 6.20 Å². The van der Waals surface area contributed by atoms with Crippen molar-refractivity contribution in [3.63, 3.8) is 0 Å². The average molecular weight is 336 g/mol. The molecule has 5 heteroatoms. The molecule has 2 aromatic heterocycles. The predicted octanol–water partition coefficient (Wildman–Crippen LogP) is 3.60. The monoisotopic (exact) mass is 336 g/mol. The number of carbonyl (C=O) groups excluding carboxylic acids is 1. The lowest BCUT2D eigenvalue weighted by atomic mass is 10.1. The number of benzene rings is 1. The number of nitrogens with one attached hydrogen (secondary N) is 1. The Morgan fingerprint density at radius 2 is 2.00 bits per heavy atom. The highest BCUT2D eigenvalue weighted by atomic mass is 16.1. The zero-order chi connectivity index (χ0) is 18.0. The number of rotatable bonds is 5. The van der Waals surface area contributed by atoms with E-state index in [2.05, 4.69) is 33.7 Å². The third kappa shape index (κ3) is 3.55. The van der Waals surface area contributed by atoms with Crippen molar-refractivity contribution >= 4 is 17.1 Å². The van der Waals surface area contributed by atoms with E-state index in [9.17, 15) is 4.79 Å². The molecule has 0 fully saturated rings. The highest BCUT2D eigenvalue weighted by molar-refractivity contribution is 5.94. The predicted molar refractivity (Wildman–Crippen MR) is 99.9 cm³/mol. The summed E-state index contributed by atoms with van der Waals surface area (Å²) in [5, 5.41) is 2.99. The fourth-order valence-corrected chi connectivity index (χ4v) is 2.97. The van der Waals surface area contributed by atoms with Gasteiger partial charge in [0.05, 0.1) is 0 Å². The van der Waals surface area contributed by atoms with Crippen LogP contribution in [0, 0.1) is 13.8 Å². The first kappa shape index (κ1) is 17.1. The molecule has 1 aromatic carbocycles. The normalized spacial score (nSPS) is 11.2. The van der Waals surface area contributed by atoms with Gasteiger partial charge in [0.1, 0.15) is 11.3 Å². The summed E-state index contributed by atoms with van der Waals surface area (Å²) in [7, 11) is 0. The average Bonchev–Trinajstić information content (AvgIpc) is 2.95. The minimum absolute atomic E-state index is 0.0477. The topological polar surface area (TPSA) is 59.8 Å². The van der Waals surface area contributed by atoms with Crippen LogP contribution in [-0.2, 0) is 6.42 Å². The number of aromatic nitrogens is 3. The van der Waals surface area contributed by atoms with Gasteiger partial charge in [0.15, 0.2) is 5.65 Å². The summed E-state index contributed by atoms with van der Waals surface area (Å²) in [5.74, 6) is 0.900. The Balaban J connectivity index is 1.71. The number of pyridine rings is 1. The van der Waals surface area contributed by atoms with Gasteiger partial charge in [-0.2, -0.15) is 0 Å². The van der Waals surface area contributed by atoms with Gasteiger partial charge in [-0.1, -0.05) is 6.07 Å². The molecule has 25 heavy (non-hydrogen) atoms. The lowest BCUT2D eigenvalue weighted by Gasteiger charge is -2.12. The van der Waals surface area contributed by atoms with Gasteiger partial charge < -0.3 is 9.88 Å². The van der Waals surface area contributed by atoms with Crippen LogP contribution in [0.5, 0.6) is 0 Å². The van der Waals surface area contributed by atoms with Crippen molar-refractivity contribution < 1.29 is 4.79 Å². The Labute approximate surface area is 148 Å². The number of imidazole rings is 1. The van der Waals surface area contributed by atoms with E-state index in [1.165, 1.54) is 5.56 Å². The molecule has 0 unspecified atom stereocenters. The van der Waals surface area contributed by atoms with Crippen LogP contribution in [0.4, 0.5) is 0 Å². The van der Waals surface area contributed by atoms with Crippen molar-refractivity contribution in [2.24, 2.45) is 0 Å². The van der Waals surface area contributed by atoms with Gasteiger partial charge in [-0.3, -0.25) is 4.79 Å². The van der Waals surface area contributed by atoms with Gasteiger partial charge >= 0.3 is 0 Å². The Hall–Kier alpha value is -2.69. The van der Waals surface area contributed by atoms with Gasteiger partial charge in [0, 0.05) is 30.8 Å². The number of fused-ring (bicyclic) bond motifs is 1. The molecule has 1 N–H and O–H groups in total. The van der Waals surface area contributed by atoms with E-state index in [-0.39, 0.29) is 11.9 Å².